The van der Waals surface area contributed by atoms with Gasteiger partial charge in [0.25, 0.3) is 0 Å². The zero-order valence-corrected chi connectivity index (χ0v) is 12.0. The molecule has 2 aromatic heterocycles. The van der Waals surface area contributed by atoms with E-state index in [-0.39, 0.29) is 11.8 Å². The van der Waals surface area contributed by atoms with Gasteiger partial charge in [0, 0.05) is 42.7 Å². The molecule has 0 radical (unpaired) electrons. The Kier molecular flexibility index (Phi) is 3.69. The summed E-state index contributed by atoms with van der Waals surface area (Å²) in [6, 6.07) is 4.17. The molecule has 2 aromatic rings. The number of thiophene rings is 1. The molecule has 2 N–H and O–H groups in total. The normalized spacial score (nSPS) is 16.3. The van der Waals surface area contributed by atoms with Gasteiger partial charge in [0.05, 0.1) is 0 Å². The number of amides is 1. The summed E-state index contributed by atoms with van der Waals surface area (Å²) in [5.74, 6) is -0.143. The Morgan fingerprint density at radius 2 is 2.15 bits per heavy atom. The third kappa shape index (κ3) is 2.54. The minimum Gasteiger partial charge on any atom is -0.371 e. The molecule has 1 fully saturated rings. The molecule has 104 valence electrons. The van der Waals surface area contributed by atoms with Gasteiger partial charge in [-0.05, 0) is 41.3 Å². The fraction of sp³-hybridized carbons (Fsp3) is 0.333. The van der Waals surface area contributed by atoms with Crippen molar-refractivity contribution in [1.82, 2.24) is 4.98 Å². The van der Waals surface area contributed by atoms with Crippen molar-refractivity contribution < 1.29 is 4.79 Å². The lowest BCUT2D eigenvalue weighted by Gasteiger charge is -2.33. The Bertz CT molecular complexity index is 589. The van der Waals surface area contributed by atoms with Crippen LogP contribution in [0.1, 0.15) is 12.8 Å². The first-order valence-electron chi connectivity index (χ1n) is 6.76. The van der Waals surface area contributed by atoms with Crippen LogP contribution in [0.4, 0.5) is 5.69 Å². The van der Waals surface area contributed by atoms with Crippen molar-refractivity contribution in [2.75, 3.05) is 18.0 Å². The quantitative estimate of drug-likeness (QED) is 0.943. The molecule has 0 atom stereocenters. The molecular weight excluding hydrogens is 270 g/mol. The number of hydrogen-bond donors (Lipinski definition) is 1. The molecule has 0 unspecified atom stereocenters. The summed E-state index contributed by atoms with van der Waals surface area (Å²) in [7, 11) is 0. The van der Waals surface area contributed by atoms with E-state index >= 15 is 0 Å². The van der Waals surface area contributed by atoms with E-state index in [0.29, 0.717) is 0 Å². The van der Waals surface area contributed by atoms with E-state index in [1.165, 1.54) is 11.3 Å². The highest BCUT2D eigenvalue weighted by Gasteiger charge is 2.24. The molecule has 3 rings (SSSR count). The van der Waals surface area contributed by atoms with Gasteiger partial charge < -0.3 is 10.6 Å². The number of carbonyl (C=O) groups is 1. The molecule has 1 amide bonds. The Hall–Kier alpha value is -1.88. The van der Waals surface area contributed by atoms with Gasteiger partial charge in [-0.15, -0.1) is 0 Å². The van der Waals surface area contributed by atoms with Crippen LogP contribution >= 0.6 is 11.3 Å². The number of piperidine rings is 1. The van der Waals surface area contributed by atoms with Gasteiger partial charge in [-0.1, -0.05) is 0 Å². The summed E-state index contributed by atoms with van der Waals surface area (Å²) in [4.78, 5) is 17.8. The summed E-state index contributed by atoms with van der Waals surface area (Å²) < 4.78 is 0. The zero-order valence-electron chi connectivity index (χ0n) is 11.2. The van der Waals surface area contributed by atoms with Crippen molar-refractivity contribution in [2.24, 2.45) is 11.7 Å². The predicted octanol–water partition coefficient (Wildman–Crippen LogP) is 2.51. The van der Waals surface area contributed by atoms with Crippen LogP contribution in [-0.2, 0) is 4.79 Å². The zero-order chi connectivity index (χ0) is 13.9. The Balaban J connectivity index is 1.83. The lowest BCUT2D eigenvalue weighted by Crippen LogP contribution is -2.38. The molecule has 4 nitrogen and oxygen atoms in total. The summed E-state index contributed by atoms with van der Waals surface area (Å²) in [6.45, 7) is 1.74. The summed E-state index contributed by atoms with van der Waals surface area (Å²) in [5, 5.41) is 4.21. The second-order valence-corrected chi connectivity index (χ2v) is 5.85. The van der Waals surface area contributed by atoms with E-state index in [9.17, 15) is 4.79 Å². The number of aromatic nitrogens is 1. The summed E-state index contributed by atoms with van der Waals surface area (Å²) in [6.07, 6.45) is 5.41. The van der Waals surface area contributed by atoms with Crippen LogP contribution in [0.25, 0.3) is 11.1 Å². The van der Waals surface area contributed by atoms with E-state index in [1.807, 2.05) is 12.4 Å². The molecule has 0 aromatic carbocycles. The minimum atomic E-state index is -0.169. The van der Waals surface area contributed by atoms with Crippen LogP contribution in [-0.4, -0.2) is 24.0 Å². The Labute approximate surface area is 122 Å². The number of nitrogens with zero attached hydrogens (tertiary/aromatic N) is 2. The van der Waals surface area contributed by atoms with Crippen LogP contribution in [0, 0.1) is 5.92 Å². The van der Waals surface area contributed by atoms with Gasteiger partial charge in [-0.3, -0.25) is 9.78 Å². The van der Waals surface area contributed by atoms with Gasteiger partial charge in [0.2, 0.25) is 5.91 Å². The molecule has 1 aliphatic rings. The van der Waals surface area contributed by atoms with Crippen LogP contribution in [0.2, 0.25) is 0 Å². The third-order valence-corrected chi connectivity index (χ3v) is 4.55. The number of carbonyl (C=O) groups excluding carboxylic acids is 1. The highest BCUT2D eigenvalue weighted by Crippen LogP contribution is 2.33. The van der Waals surface area contributed by atoms with Crippen molar-refractivity contribution in [3.05, 3.63) is 35.3 Å². The molecule has 1 saturated heterocycles. The minimum absolute atomic E-state index is 0.0256. The molecule has 20 heavy (non-hydrogen) atoms. The Morgan fingerprint density at radius 1 is 1.35 bits per heavy atom. The second kappa shape index (κ2) is 5.63. The number of rotatable bonds is 3. The van der Waals surface area contributed by atoms with Crippen molar-refractivity contribution in [3.8, 4) is 11.1 Å². The maximum absolute atomic E-state index is 11.2. The fourth-order valence-electron chi connectivity index (χ4n) is 2.71. The van der Waals surface area contributed by atoms with Crippen LogP contribution in [0.3, 0.4) is 0 Å². The Morgan fingerprint density at radius 3 is 2.80 bits per heavy atom. The van der Waals surface area contributed by atoms with E-state index in [4.69, 9.17) is 5.73 Å². The topological polar surface area (TPSA) is 59.2 Å². The van der Waals surface area contributed by atoms with Crippen molar-refractivity contribution in [2.45, 2.75) is 12.8 Å². The monoisotopic (exact) mass is 287 g/mol. The van der Waals surface area contributed by atoms with Crippen molar-refractivity contribution in [1.29, 1.82) is 0 Å². The van der Waals surface area contributed by atoms with E-state index in [0.717, 1.165) is 31.5 Å². The largest absolute Gasteiger partial charge is 0.371 e. The maximum Gasteiger partial charge on any atom is 0.220 e. The van der Waals surface area contributed by atoms with Gasteiger partial charge >= 0.3 is 0 Å². The van der Waals surface area contributed by atoms with E-state index in [2.05, 4.69) is 32.8 Å². The fourth-order valence-corrected chi connectivity index (χ4v) is 3.36. The predicted molar refractivity (Wildman–Crippen MR) is 81.7 cm³/mol. The average molecular weight is 287 g/mol. The lowest BCUT2D eigenvalue weighted by molar-refractivity contribution is -0.122. The molecule has 0 saturated carbocycles. The van der Waals surface area contributed by atoms with Crippen molar-refractivity contribution in [3.63, 3.8) is 0 Å². The molecule has 5 heteroatoms. The SMILES string of the molecule is NC(=O)C1CCN(c2ccncc2-c2ccsc2)CC1. The van der Waals surface area contributed by atoms with Gasteiger partial charge in [0.15, 0.2) is 0 Å². The highest BCUT2D eigenvalue weighted by atomic mass is 32.1. The van der Waals surface area contributed by atoms with Crippen LogP contribution in [0.5, 0.6) is 0 Å². The maximum atomic E-state index is 11.2. The molecule has 0 spiro atoms. The third-order valence-electron chi connectivity index (χ3n) is 3.87. The summed E-state index contributed by atoms with van der Waals surface area (Å²) in [5.41, 5.74) is 8.95. The molecule has 1 aliphatic heterocycles. The van der Waals surface area contributed by atoms with Crippen molar-refractivity contribution >= 4 is 22.9 Å². The molecular formula is C15H17N3OS. The first-order valence-corrected chi connectivity index (χ1v) is 7.71. The molecule has 0 bridgehead atoms. The van der Waals surface area contributed by atoms with Gasteiger partial charge in [-0.2, -0.15) is 11.3 Å². The standard InChI is InChI=1S/C15H17N3OS/c16-15(19)11-2-6-18(7-3-11)14-1-5-17-9-13(14)12-4-8-20-10-12/h1,4-5,8-11H,2-3,6-7H2,(H2,16,19). The number of hydrogen-bond acceptors (Lipinski definition) is 4. The van der Waals surface area contributed by atoms with Crippen LogP contribution < -0.4 is 10.6 Å². The smallest absolute Gasteiger partial charge is 0.220 e. The first kappa shape index (κ1) is 13.1. The second-order valence-electron chi connectivity index (χ2n) is 5.07. The van der Waals surface area contributed by atoms with Gasteiger partial charge in [0.1, 0.15) is 0 Å². The number of anilines is 1. The highest BCUT2D eigenvalue weighted by molar-refractivity contribution is 7.08. The van der Waals surface area contributed by atoms with Crippen LogP contribution in [0.15, 0.2) is 35.3 Å². The number of primary amides is 1. The number of pyridine rings is 1. The van der Waals surface area contributed by atoms with E-state index < -0.39 is 0 Å². The first-order chi connectivity index (χ1) is 9.75. The lowest BCUT2D eigenvalue weighted by atomic mass is 9.95. The van der Waals surface area contributed by atoms with Gasteiger partial charge in [-0.25, -0.2) is 0 Å². The molecule has 3 heterocycles. The average Bonchev–Trinajstić information content (AvgIpc) is 3.01. The van der Waals surface area contributed by atoms with E-state index in [1.54, 1.807) is 11.3 Å². The number of nitrogens with two attached hydrogens (primary N) is 1. The summed E-state index contributed by atoms with van der Waals surface area (Å²) >= 11 is 1.69. The molecule has 0 aliphatic carbocycles.